The van der Waals surface area contributed by atoms with Crippen LogP contribution in [0.15, 0.2) is 24.3 Å². The summed E-state index contributed by atoms with van der Waals surface area (Å²) in [7, 11) is 0. The Morgan fingerprint density at radius 1 is 1.25 bits per heavy atom. The van der Waals surface area contributed by atoms with Gasteiger partial charge in [0.25, 0.3) is 0 Å². The Balaban J connectivity index is 2.48. The highest BCUT2D eigenvalue weighted by Gasteiger charge is 2.11. The summed E-state index contributed by atoms with van der Waals surface area (Å²) < 4.78 is 5.45. The van der Waals surface area contributed by atoms with E-state index in [1.165, 1.54) is 4.90 Å². The summed E-state index contributed by atoms with van der Waals surface area (Å²) in [5.41, 5.74) is 10.7. The number of hydrogen-bond acceptors (Lipinski definition) is 5. The number of nitrogens with zero attached hydrogens (tertiary/aromatic N) is 2. The van der Waals surface area contributed by atoms with E-state index in [4.69, 9.17) is 21.5 Å². The lowest BCUT2D eigenvalue weighted by Crippen LogP contribution is -2.41. The molecule has 1 aromatic rings. The summed E-state index contributed by atoms with van der Waals surface area (Å²) in [6.07, 6.45) is 0. The normalized spacial score (nSPS) is 10.0. The fraction of sp³-hybridized carbons (Fsp3) is 0.308. The third kappa shape index (κ3) is 5.84. The average molecular weight is 276 g/mol. The summed E-state index contributed by atoms with van der Waals surface area (Å²) in [4.78, 5) is 23.2. The van der Waals surface area contributed by atoms with Gasteiger partial charge in [0.05, 0.1) is 24.7 Å². The summed E-state index contributed by atoms with van der Waals surface area (Å²) >= 11 is 0. The number of benzene rings is 1. The lowest BCUT2D eigenvalue weighted by atomic mass is 10.2. The third-order valence-corrected chi connectivity index (χ3v) is 2.40. The van der Waals surface area contributed by atoms with Crippen LogP contribution in [0.4, 0.5) is 0 Å². The lowest BCUT2D eigenvalue weighted by molar-refractivity contribution is -0.122. The van der Waals surface area contributed by atoms with Gasteiger partial charge in [-0.1, -0.05) is 6.07 Å². The van der Waals surface area contributed by atoms with Gasteiger partial charge in [-0.25, -0.2) is 0 Å². The van der Waals surface area contributed by atoms with Crippen molar-refractivity contribution in [3.05, 3.63) is 29.8 Å². The molecule has 0 unspecified atom stereocenters. The molecule has 1 rings (SSSR count). The molecule has 4 N–H and O–H groups in total. The van der Waals surface area contributed by atoms with Crippen molar-refractivity contribution in [2.24, 2.45) is 11.5 Å². The molecule has 0 aliphatic heterocycles. The second kappa shape index (κ2) is 7.76. The minimum Gasteiger partial charge on any atom is -0.492 e. The molecule has 7 nitrogen and oxygen atoms in total. The maximum atomic E-state index is 10.9. The number of carbonyl (C=O) groups is 2. The first kappa shape index (κ1) is 15.5. The van der Waals surface area contributed by atoms with Crippen LogP contribution >= 0.6 is 0 Å². The molecule has 1 aromatic carbocycles. The molecule has 0 heterocycles. The van der Waals surface area contributed by atoms with Gasteiger partial charge in [-0.05, 0) is 18.2 Å². The van der Waals surface area contributed by atoms with Gasteiger partial charge in [-0.2, -0.15) is 5.26 Å². The second-order valence-corrected chi connectivity index (χ2v) is 4.13. The van der Waals surface area contributed by atoms with E-state index in [-0.39, 0.29) is 19.7 Å². The fourth-order valence-electron chi connectivity index (χ4n) is 1.60. The van der Waals surface area contributed by atoms with E-state index >= 15 is 0 Å². The van der Waals surface area contributed by atoms with Gasteiger partial charge in [-0.3, -0.25) is 14.5 Å². The molecule has 0 saturated heterocycles. The van der Waals surface area contributed by atoms with Crippen molar-refractivity contribution in [1.82, 2.24) is 4.90 Å². The SMILES string of the molecule is N#Cc1cccc(OCCN(CC(N)=O)CC(N)=O)c1. The van der Waals surface area contributed by atoms with Crippen molar-refractivity contribution in [3.63, 3.8) is 0 Å². The maximum absolute atomic E-state index is 10.9. The summed E-state index contributed by atoms with van der Waals surface area (Å²) in [5, 5.41) is 8.76. The van der Waals surface area contributed by atoms with Crippen molar-refractivity contribution < 1.29 is 14.3 Å². The predicted molar refractivity (Wildman–Crippen MR) is 71.5 cm³/mol. The number of nitriles is 1. The first-order valence-electron chi connectivity index (χ1n) is 5.93. The number of ether oxygens (including phenoxy) is 1. The topological polar surface area (TPSA) is 122 Å². The van der Waals surface area contributed by atoms with E-state index in [0.717, 1.165) is 0 Å². The van der Waals surface area contributed by atoms with Crippen molar-refractivity contribution in [2.75, 3.05) is 26.2 Å². The Labute approximate surface area is 116 Å². The van der Waals surface area contributed by atoms with Gasteiger partial charge in [0.15, 0.2) is 0 Å². The molecule has 0 fully saturated rings. The molecule has 106 valence electrons. The predicted octanol–water partition coefficient (Wildman–Crippen LogP) is -0.790. The molecular weight excluding hydrogens is 260 g/mol. The van der Waals surface area contributed by atoms with E-state index in [9.17, 15) is 9.59 Å². The number of amides is 2. The Morgan fingerprint density at radius 2 is 1.90 bits per heavy atom. The van der Waals surface area contributed by atoms with Crippen molar-refractivity contribution in [2.45, 2.75) is 0 Å². The van der Waals surface area contributed by atoms with E-state index in [1.807, 2.05) is 6.07 Å². The second-order valence-electron chi connectivity index (χ2n) is 4.13. The van der Waals surface area contributed by atoms with Crippen LogP contribution in [-0.2, 0) is 9.59 Å². The Bertz CT molecular complexity index is 509. The molecule has 0 radical (unpaired) electrons. The molecule has 0 spiro atoms. The first-order chi connectivity index (χ1) is 9.51. The third-order valence-electron chi connectivity index (χ3n) is 2.40. The van der Waals surface area contributed by atoms with E-state index in [0.29, 0.717) is 17.9 Å². The maximum Gasteiger partial charge on any atom is 0.231 e. The molecule has 7 heteroatoms. The molecule has 2 amide bonds. The van der Waals surface area contributed by atoms with E-state index in [2.05, 4.69) is 0 Å². The Hall–Kier alpha value is -2.59. The van der Waals surface area contributed by atoms with E-state index in [1.54, 1.807) is 24.3 Å². The zero-order valence-corrected chi connectivity index (χ0v) is 10.9. The number of rotatable bonds is 8. The van der Waals surface area contributed by atoms with Crippen LogP contribution in [0.1, 0.15) is 5.56 Å². The van der Waals surface area contributed by atoms with Gasteiger partial charge in [-0.15, -0.1) is 0 Å². The van der Waals surface area contributed by atoms with Gasteiger partial charge in [0.2, 0.25) is 11.8 Å². The molecule has 0 bridgehead atoms. The number of primary amides is 2. The highest BCUT2D eigenvalue weighted by Crippen LogP contribution is 2.12. The number of hydrogen-bond donors (Lipinski definition) is 2. The summed E-state index contributed by atoms with van der Waals surface area (Å²) in [6.45, 7) is 0.438. The van der Waals surface area contributed by atoms with Crippen LogP contribution in [0.5, 0.6) is 5.75 Å². The van der Waals surface area contributed by atoms with Gasteiger partial charge in [0, 0.05) is 6.54 Å². The van der Waals surface area contributed by atoms with Crippen LogP contribution in [-0.4, -0.2) is 43.0 Å². The molecule has 20 heavy (non-hydrogen) atoms. The number of nitrogens with two attached hydrogens (primary N) is 2. The fourth-order valence-corrected chi connectivity index (χ4v) is 1.60. The summed E-state index contributed by atoms with van der Waals surface area (Å²) in [5.74, 6) is -0.544. The molecule has 0 aliphatic carbocycles. The standard InChI is InChI=1S/C13H16N4O3/c14-7-10-2-1-3-11(6-10)20-5-4-17(8-12(15)18)9-13(16)19/h1-3,6H,4-5,8-9H2,(H2,15,18)(H2,16,19). The monoisotopic (exact) mass is 276 g/mol. The van der Waals surface area contributed by atoms with Crippen molar-refractivity contribution in [3.8, 4) is 11.8 Å². The molecule has 0 aliphatic rings. The minimum absolute atomic E-state index is 0.0649. The minimum atomic E-state index is -0.544. The smallest absolute Gasteiger partial charge is 0.231 e. The molecule has 0 atom stereocenters. The van der Waals surface area contributed by atoms with Crippen LogP contribution in [0.25, 0.3) is 0 Å². The zero-order valence-electron chi connectivity index (χ0n) is 10.9. The molecular formula is C13H16N4O3. The van der Waals surface area contributed by atoms with Crippen molar-refractivity contribution >= 4 is 11.8 Å². The highest BCUT2D eigenvalue weighted by atomic mass is 16.5. The van der Waals surface area contributed by atoms with Crippen LogP contribution in [0.2, 0.25) is 0 Å². The highest BCUT2D eigenvalue weighted by molar-refractivity contribution is 5.79. The summed E-state index contributed by atoms with van der Waals surface area (Å²) in [6, 6.07) is 8.70. The average Bonchev–Trinajstić information content (AvgIpc) is 2.37. The quantitative estimate of drug-likeness (QED) is 0.644. The van der Waals surface area contributed by atoms with Crippen LogP contribution in [0, 0.1) is 11.3 Å². The van der Waals surface area contributed by atoms with Crippen LogP contribution in [0.3, 0.4) is 0 Å². The largest absolute Gasteiger partial charge is 0.492 e. The van der Waals surface area contributed by atoms with E-state index < -0.39 is 11.8 Å². The van der Waals surface area contributed by atoms with Crippen molar-refractivity contribution in [1.29, 1.82) is 5.26 Å². The Kier molecular flexibility index (Phi) is 6.00. The number of carbonyl (C=O) groups excluding carboxylic acids is 2. The van der Waals surface area contributed by atoms with Gasteiger partial charge >= 0.3 is 0 Å². The first-order valence-corrected chi connectivity index (χ1v) is 5.93. The molecule has 0 aromatic heterocycles. The van der Waals surface area contributed by atoms with Gasteiger partial charge in [0.1, 0.15) is 12.4 Å². The van der Waals surface area contributed by atoms with Gasteiger partial charge < -0.3 is 16.2 Å². The molecule has 0 saturated carbocycles. The Morgan fingerprint density at radius 3 is 2.45 bits per heavy atom. The lowest BCUT2D eigenvalue weighted by Gasteiger charge is -2.18. The van der Waals surface area contributed by atoms with Crippen LogP contribution < -0.4 is 16.2 Å². The zero-order chi connectivity index (χ0) is 15.0.